The number of fused-ring (bicyclic) bond motifs is 1. The average Bonchev–Trinajstić information content (AvgIpc) is 3.67. The Kier molecular flexibility index (Phi) is 7.54. The quantitative estimate of drug-likeness (QED) is 0.625. The van der Waals surface area contributed by atoms with Crippen LogP contribution in [-0.4, -0.2) is 65.6 Å². The van der Waals surface area contributed by atoms with Crippen LogP contribution in [0.4, 0.5) is 5.69 Å². The molecule has 0 aromatic heterocycles. The molecule has 2 aromatic rings. The fourth-order valence-electron chi connectivity index (χ4n) is 4.41. The Hall–Kier alpha value is -2.90. The van der Waals surface area contributed by atoms with Crippen LogP contribution < -0.4 is 10.1 Å². The van der Waals surface area contributed by atoms with Crippen molar-refractivity contribution < 1.29 is 19.4 Å². The molecule has 0 bridgehead atoms. The summed E-state index contributed by atoms with van der Waals surface area (Å²) in [4.78, 5) is 30.0. The Morgan fingerprint density at radius 2 is 1.94 bits per heavy atom. The summed E-state index contributed by atoms with van der Waals surface area (Å²) < 4.78 is 6.56. The zero-order chi connectivity index (χ0) is 24.2. The zero-order valence-electron chi connectivity index (χ0n) is 20.2. The van der Waals surface area contributed by atoms with Crippen molar-refractivity contribution in [3.05, 3.63) is 59.7 Å². The summed E-state index contributed by atoms with van der Waals surface area (Å²) in [7, 11) is 2.06. The lowest BCUT2D eigenvalue weighted by atomic mass is 9.98. The molecule has 2 amide bonds. The van der Waals surface area contributed by atoms with Gasteiger partial charge in [0.05, 0.1) is 23.9 Å². The first-order chi connectivity index (χ1) is 16.4. The number of nitrogens with one attached hydrogen (secondary N) is 1. The second-order valence-electron chi connectivity index (χ2n) is 9.75. The van der Waals surface area contributed by atoms with Crippen molar-refractivity contribution in [2.24, 2.45) is 11.8 Å². The van der Waals surface area contributed by atoms with Crippen LogP contribution in [0.25, 0.3) is 0 Å². The molecule has 1 fully saturated rings. The highest BCUT2D eigenvalue weighted by atomic mass is 16.5. The summed E-state index contributed by atoms with van der Waals surface area (Å²) in [6, 6.07) is 15.2. The Bertz CT molecular complexity index is 1010. The molecule has 3 atom stereocenters. The number of likely N-dealkylation sites (N-methyl/N-ethyl adjacent to an activating group) is 1. The van der Waals surface area contributed by atoms with E-state index in [1.807, 2.05) is 25.1 Å². The number of hydrogen-bond donors (Lipinski definition) is 2. The number of benzene rings is 2. The normalized spacial score (nSPS) is 21.3. The third-order valence-electron chi connectivity index (χ3n) is 6.68. The van der Waals surface area contributed by atoms with Crippen molar-refractivity contribution in [2.45, 2.75) is 45.4 Å². The van der Waals surface area contributed by atoms with E-state index < -0.39 is 0 Å². The molecule has 4 rings (SSSR count). The molecule has 2 aliphatic rings. The molecule has 7 nitrogen and oxygen atoms in total. The van der Waals surface area contributed by atoms with Gasteiger partial charge >= 0.3 is 0 Å². The lowest BCUT2D eigenvalue weighted by Gasteiger charge is -2.38. The summed E-state index contributed by atoms with van der Waals surface area (Å²) in [5.74, 6) is 0.246. The number of aliphatic hydroxyl groups is 1. The van der Waals surface area contributed by atoms with E-state index in [9.17, 15) is 14.7 Å². The van der Waals surface area contributed by atoms with Crippen molar-refractivity contribution in [3.63, 3.8) is 0 Å². The van der Waals surface area contributed by atoms with E-state index in [4.69, 9.17) is 4.74 Å². The van der Waals surface area contributed by atoms with Gasteiger partial charge in [-0.1, -0.05) is 43.3 Å². The molecule has 2 aromatic carbocycles. The first-order valence-electron chi connectivity index (χ1n) is 12.1. The van der Waals surface area contributed by atoms with E-state index in [1.165, 1.54) is 5.56 Å². The van der Waals surface area contributed by atoms with Gasteiger partial charge in [-0.05, 0) is 44.5 Å². The predicted molar refractivity (Wildman–Crippen MR) is 132 cm³/mol. The fourth-order valence-corrected chi connectivity index (χ4v) is 4.41. The summed E-state index contributed by atoms with van der Waals surface area (Å²) in [6.45, 7) is 5.70. The van der Waals surface area contributed by atoms with Gasteiger partial charge < -0.3 is 20.1 Å². The molecule has 34 heavy (non-hydrogen) atoms. The lowest BCUT2D eigenvalue weighted by molar-refractivity contribution is -0.117. The van der Waals surface area contributed by atoms with Crippen LogP contribution in [0.3, 0.4) is 0 Å². The van der Waals surface area contributed by atoms with Gasteiger partial charge in [0.25, 0.3) is 5.91 Å². The van der Waals surface area contributed by atoms with Gasteiger partial charge in [-0.15, -0.1) is 0 Å². The number of ether oxygens (including phenoxy) is 1. The molecule has 0 unspecified atom stereocenters. The molecule has 2 N–H and O–H groups in total. The predicted octanol–water partition coefficient (Wildman–Crippen LogP) is 3.39. The molecule has 0 spiro atoms. The molecule has 182 valence electrons. The van der Waals surface area contributed by atoms with E-state index >= 15 is 0 Å². The Balaban J connectivity index is 1.64. The van der Waals surface area contributed by atoms with E-state index in [0.29, 0.717) is 30.1 Å². The fraction of sp³-hybridized carbons (Fsp3) is 0.481. The standard InChI is InChI=1S/C27H35N3O4/c1-18-14-30(19(2)17-31)27(33)22-10-7-11-23(28-26(32)21-12-13-21)25(22)34-24(18)16-29(3)15-20-8-5-4-6-9-20/h4-11,18-19,21,24,31H,12-17H2,1-3H3,(H,28,32)/t18-,19+,24+/m0/s1. The molecular weight excluding hydrogens is 430 g/mol. The van der Waals surface area contributed by atoms with Crippen LogP contribution in [0.15, 0.2) is 48.5 Å². The van der Waals surface area contributed by atoms with Gasteiger partial charge in [0.2, 0.25) is 5.91 Å². The molecule has 1 saturated carbocycles. The van der Waals surface area contributed by atoms with E-state index in [-0.39, 0.29) is 42.4 Å². The average molecular weight is 466 g/mol. The Morgan fingerprint density at radius 3 is 2.62 bits per heavy atom. The Morgan fingerprint density at radius 1 is 1.21 bits per heavy atom. The smallest absolute Gasteiger partial charge is 0.258 e. The van der Waals surface area contributed by atoms with Crippen molar-refractivity contribution in [1.29, 1.82) is 0 Å². The third-order valence-corrected chi connectivity index (χ3v) is 6.68. The van der Waals surface area contributed by atoms with Crippen LogP contribution in [0.1, 0.15) is 42.6 Å². The van der Waals surface area contributed by atoms with Crippen molar-refractivity contribution in [1.82, 2.24) is 9.80 Å². The van der Waals surface area contributed by atoms with Gasteiger partial charge in [-0.25, -0.2) is 0 Å². The van der Waals surface area contributed by atoms with Crippen LogP contribution in [0.5, 0.6) is 5.75 Å². The van der Waals surface area contributed by atoms with Gasteiger partial charge in [0, 0.05) is 31.5 Å². The maximum atomic E-state index is 13.5. The maximum Gasteiger partial charge on any atom is 0.258 e. The summed E-state index contributed by atoms with van der Waals surface area (Å²) in [6.07, 6.45) is 1.58. The number of carbonyl (C=O) groups is 2. The van der Waals surface area contributed by atoms with Crippen LogP contribution in [-0.2, 0) is 11.3 Å². The van der Waals surface area contributed by atoms with Gasteiger partial charge in [-0.3, -0.25) is 14.5 Å². The van der Waals surface area contributed by atoms with Crippen LogP contribution in [0.2, 0.25) is 0 Å². The van der Waals surface area contributed by atoms with Crippen molar-refractivity contribution in [3.8, 4) is 5.75 Å². The first-order valence-corrected chi connectivity index (χ1v) is 12.1. The number of amides is 2. The minimum atomic E-state index is -0.326. The molecule has 1 aliphatic heterocycles. The summed E-state index contributed by atoms with van der Waals surface area (Å²) in [5, 5.41) is 12.8. The second kappa shape index (κ2) is 10.6. The molecule has 0 radical (unpaired) electrons. The summed E-state index contributed by atoms with van der Waals surface area (Å²) >= 11 is 0. The number of anilines is 1. The van der Waals surface area contributed by atoms with Crippen LogP contribution in [0, 0.1) is 11.8 Å². The van der Waals surface area contributed by atoms with Gasteiger partial charge in [0.15, 0.2) is 5.75 Å². The Labute approximate surface area is 201 Å². The van der Waals surface area contributed by atoms with E-state index in [2.05, 4.69) is 36.3 Å². The number of hydrogen-bond acceptors (Lipinski definition) is 5. The minimum absolute atomic E-state index is 0.0107. The number of para-hydroxylation sites is 1. The van der Waals surface area contributed by atoms with E-state index in [1.54, 1.807) is 23.1 Å². The number of aliphatic hydroxyl groups excluding tert-OH is 1. The lowest BCUT2D eigenvalue weighted by Crippen LogP contribution is -2.49. The largest absolute Gasteiger partial charge is 0.486 e. The molecular formula is C27H35N3O4. The molecule has 0 saturated heterocycles. The zero-order valence-corrected chi connectivity index (χ0v) is 20.2. The third kappa shape index (κ3) is 5.59. The number of carbonyl (C=O) groups excluding carboxylic acids is 2. The van der Waals surface area contributed by atoms with Crippen molar-refractivity contribution in [2.75, 3.05) is 32.1 Å². The number of nitrogens with zero attached hydrogens (tertiary/aromatic N) is 2. The highest BCUT2D eigenvalue weighted by Gasteiger charge is 2.35. The van der Waals surface area contributed by atoms with E-state index in [0.717, 1.165) is 19.4 Å². The van der Waals surface area contributed by atoms with Crippen LogP contribution >= 0.6 is 0 Å². The highest BCUT2D eigenvalue weighted by Crippen LogP contribution is 2.37. The first kappa shape index (κ1) is 24.2. The second-order valence-corrected chi connectivity index (χ2v) is 9.75. The maximum absolute atomic E-state index is 13.5. The number of rotatable bonds is 8. The van der Waals surface area contributed by atoms with Gasteiger partial charge in [0.1, 0.15) is 6.10 Å². The van der Waals surface area contributed by atoms with Gasteiger partial charge in [-0.2, -0.15) is 0 Å². The molecule has 1 heterocycles. The SMILES string of the molecule is C[C@H](CO)N1C[C@H](C)[C@@H](CN(C)Cc2ccccc2)Oc2c(NC(=O)C3CC3)cccc2C1=O. The monoisotopic (exact) mass is 465 g/mol. The minimum Gasteiger partial charge on any atom is -0.486 e. The molecule has 7 heteroatoms. The highest BCUT2D eigenvalue weighted by molar-refractivity contribution is 6.02. The van der Waals surface area contributed by atoms with Crippen molar-refractivity contribution >= 4 is 17.5 Å². The topological polar surface area (TPSA) is 82.1 Å². The summed E-state index contributed by atoms with van der Waals surface area (Å²) in [5.41, 5.74) is 2.16. The molecule has 1 aliphatic carbocycles.